The number of hydrogen-bond donors (Lipinski definition) is 0. The fourth-order valence-corrected chi connectivity index (χ4v) is 11.6. The molecular weight excluding hydrogens is 787 g/mol. The average Bonchev–Trinajstić information content (AvgIpc) is 4.00. The van der Waals surface area contributed by atoms with E-state index in [-0.39, 0.29) is 0 Å². The van der Waals surface area contributed by atoms with Crippen molar-refractivity contribution in [2.75, 3.05) is 4.90 Å². The minimum atomic E-state index is -0.477. The lowest BCUT2D eigenvalue weighted by Gasteiger charge is -2.32. The topological polar surface area (TPSA) is 16.4 Å². The van der Waals surface area contributed by atoms with Crippen molar-refractivity contribution >= 4 is 60.5 Å². The maximum absolute atomic E-state index is 6.69. The lowest BCUT2D eigenvalue weighted by molar-refractivity contribution is 0.669. The Morgan fingerprint density at radius 3 is 1.66 bits per heavy atom. The smallest absolute Gasteiger partial charge is 0.136 e. The number of para-hydroxylation sites is 1. The van der Waals surface area contributed by atoms with Gasteiger partial charge in [-0.15, -0.1) is 0 Å². The molecule has 14 rings (SSSR count). The molecule has 0 bridgehead atoms. The summed E-state index contributed by atoms with van der Waals surface area (Å²) in [5.41, 5.74) is 19.6. The highest BCUT2D eigenvalue weighted by Crippen LogP contribution is 2.65. The first-order valence-corrected chi connectivity index (χ1v) is 22.5. The second kappa shape index (κ2) is 13.8. The molecule has 2 aliphatic carbocycles. The molecule has 1 aromatic heterocycles. The van der Waals surface area contributed by atoms with Crippen molar-refractivity contribution in [1.82, 2.24) is 0 Å². The Balaban J connectivity index is 1.07. The number of rotatable bonds is 5. The van der Waals surface area contributed by atoms with Crippen LogP contribution in [0.3, 0.4) is 0 Å². The van der Waals surface area contributed by atoms with Crippen molar-refractivity contribution in [2.45, 2.75) is 5.41 Å². The fourth-order valence-electron chi connectivity index (χ4n) is 11.6. The molecule has 2 nitrogen and oxygen atoms in total. The molecule has 0 atom stereocenters. The number of furan rings is 1. The minimum absolute atomic E-state index is 0.477. The molecule has 2 heteroatoms. The van der Waals surface area contributed by atoms with Gasteiger partial charge in [-0.25, -0.2) is 0 Å². The summed E-state index contributed by atoms with van der Waals surface area (Å²) in [5.74, 6) is 0. The molecule has 0 unspecified atom stereocenters. The van der Waals surface area contributed by atoms with Crippen molar-refractivity contribution in [1.29, 1.82) is 0 Å². The van der Waals surface area contributed by atoms with E-state index in [1.165, 1.54) is 77.2 Å². The lowest BCUT2D eigenvalue weighted by atomic mass is 9.70. The summed E-state index contributed by atoms with van der Waals surface area (Å²) in [6, 6.07) is 87.2. The summed E-state index contributed by atoms with van der Waals surface area (Å²) < 4.78 is 6.69. The highest BCUT2D eigenvalue weighted by Gasteiger charge is 2.52. The summed E-state index contributed by atoms with van der Waals surface area (Å²) >= 11 is 0. The van der Waals surface area contributed by atoms with Gasteiger partial charge in [-0.2, -0.15) is 0 Å². The van der Waals surface area contributed by atoms with E-state index in [4.69, 9.17) is 4.42 Å². The van der Waals surface area contributed by atoms with Crippen LogP contribution >= 0.6 is 0 Å². The van der Waals surface area contributed by atoms with E-state index in [1.54, 1.807) is 0 Å². The number of nitrogens with zero attached hydrogens (tertiary/aromatic N) is 1. The predicted molar refractivity (Wildman–Crippen MR) is 271 cm³/mol. The molecule has 65 heavy (non-hydrogen) atoms. The van der Waals surface area contributed by atoms with Gasteiger partial charge in [0.25, 0.3) is 0 Å². The zero-order valence-corrected chi connectivity index (χ0v) is 35.4. The monoisotopic (exact) mass is 825 g/mol. The molecule has 1 spiro atoms. The lowest BCUT2D eigenvalue weighted by Crippen LogP contribution is -2.26. The fraction of sp³-hybridized carbons (Fsp3) is 0.0159. The van der Waals surface area contributed by atoms with Crippen LogP contribution in [0, 0.1) is 0 Å². The Labute approximate surface area is 376 Å². The van der Waals surface area contributed by atoms with Crippen LogP contribution < -0.4 is 4.90 Å². The van der Waals surface area contributed by atoms with Crippen LogP contribution in [0.1, 0.15) is 22.3 Å². The van der Waals surface area contributed by atoms with Crippen molar-refractivity contribution in [3.63, 3.8) is 0 Å². The third kappa shape index (κ3) is 5.05. The first-order chi connectivity index (χ1) is 32.3. The molecule has 0 amide bonds. The third-order valence-electron chi connectivity index (χ3n) is 14.2. The van der Waals surface area contributed by atoms with Gasteiger partial charge in [-0.05, 0) is 120 Å². The van der Waals surface area contributed by atoms with Crippen molar-refractivity contribution in [3.8, 4) is 44.5 Å². The highest BCUT2D eigenvalue weighted by atomic mass is 16.3. The Morgan fingerprint density at radius 2 is 0.862 bits per heavy atom. The number of anilines is 3. The summed E-state index contributed by atoms with van der Waals surface area (Å²) in [6.45, 7) is 0. The Morgan fingerprint density at radius 1 is 0.323 bits per heavy atom. The average molecular weight is 826 g/mol. The zero-order valence-electron chi connectivity index (χ0n) is 35.4. The molecule has 11 aromatic carbocycles. The highest BCUT2D eigenvalue weighted by molar-refractivity contribution is 6.17. The first-order valence-electron chi connectivity index (χ1n) is 22.5. The van der Waals surface area contributed by atoms with Crippen LogP contribution in [-0.4, -0.2) is 0 Å². The number of fused-ring (bicyclic) bond motifs is 15. The van der Waals surface area contributed by atoms with Gasteiger partial charge in [0.15, 0.2) is 0 Å². The van der Waals surface area contributed by atoms with Crippen LogP contribution in [-0.2, 0) is 5.41 Å². The Hall–Kier alpha value is -8.46. The molecule has 12 aromatic rings. The summed E-state index contributed by atoms with van der Waals surface area (Å²) in [4.78, 5) is 2.53. The zero-order chi connectivity index (χ0) is 42.6. The van der Waals surface area contributed by atoms with Crippen LogP contribution in [0.5, 0.6) is 0 Å². The van der Waals surface area contributed by atoms with Gasteiger partial charge in [0.2, 0.25) is 0 Å². The van der Waals surface area contributed by atoms with Gasteiger partial charge in [-0.1, -0.05) is 194 Å². The molecule has 0 aliphatic heterocycles. The van der Waals surface area contributed by atoms with E-state index in [2.05, 4.69) is 241 Å². The van der Waals surface area contributed by atoms with E-state index >= 15 is 0 Å². The largest absolute Gasteiger partial charge is 0.456 e. The molecule has 0 fully saturated rings. The van der Waals surface area contributed by atoms with E-state index in [1.807, 2.05) is 0 Å². The molecule has 0 saturated heterocycles. The standard InChI is InChI=1S/C63H39NO/c1-2-19-42-39-60-52(38-41(42)18-1)61-50(29-15-36-59(61)65-60)49-26-8-12-34-57(49)64(44-22-13-21-43(37-44)46-28-14-20-40-17-3-4-23-45(40)46)58-35-16-33-56-62(58)51-27-7-11-32-55(51)63(56)53-30-9-5-24-47(53)48-25-6-10-31-54(48)63/h1-39H. The Bertz CT molecular complexity index is 3880. The maximum Gasteiger partial charge on any atom is 0.136 e. The molecule has 0 radical (unpaired) electrons. The van der Waals surface area contributed by atoms with Crippen LogP contribution in [0.2, 0.25) is 0 Å². The van der Waals surface area contributed by atoms with Crippen molar-refractivity contribution < 1.29 is 4.42 Å². The van der Waals surface area contributed by atoms with E-state index in [0.717, 1.165) is 50.1 Å². The summed E-state index contributed by atoms with van der Waals surface area (Å²) in [7, 11) is 0. The maximum atomic E-state index is 6.69. The SMILES string of the molecule is c1cc(-c2cccc3ccccc23)cc(N(c2ccccc2-c2cccc3oc4cc5ccccc5cc4c23)c2cccc3c2-c2ccccc2C32c3ccccc3-c3ccccc32)c1. The molecule has 1 heterocycles. The van der Waals surface area contributed by atoms with E-state index in [9.17, 15) is 0 Å². The predicted octanol–water partition coefficient (Wildman–Crippen LogP) is 17.0. The quantitative estimate of drug-likeness (QED) is 0.172. The second-order valence-electron chi connectivity index (χ2n) is 17.5. The van der Waals surface area contributed by atoms with Crippen molar-refractivity contribution in [3.05, 3.63) is 259 Å². The van der Waals surface area contributed by atoms with Crippen LogP contribution in [0.25, 0.3) is 88.0 Å². The van der Waals surface area contributed by atoms with Gasteiger partial charge >= 0.3 is 0 Å². The van der Waals surface area contributed by atoms with Gasteiger partial charge in [-0.3, -0.25) is 0 Å². The molecule has 0 N–H and O–H groups in total. The third-order valence-corrected chi connectivity index (χ3v) is 14.2. The number of benzene rings is 11. The summed E-state index contributed by atoms with van der Waals surface area (Å²) in [6.07, 6.45) is 0. The molecular formula is C63H39NO. The van der Waals surface area contributed by atoms with E-state index in [0.29, 0.717) is 0 Å². The van der Waals surface area contributed by atoms with Crippen molar-refractivity contribution in [2.24, 2.45) is 0 Å². The molecule has 302 valence electrons. The van der Waals surface area contributed by atoms with Crippen LogP contribution in [0.15, 0.2) is 241 Å². The minimum Gasteiger partial charge on any atom is -0.456 e. The number of hydrogen-bond acceptors (Lipinski definition) is 2. The second-order valence-corrected chi connectivity index (χ2v) is 17.5. The van der Waals surface area contributed by atoms with Gasteiger partial charge in [0, 0.05) is 27.6 Å². The normalized spacial score (nSPS) is 13.0. The van der Waals surface area contributed by atoms with Gasteiger partial charge in [0.05, 0.1) is 16.8 Å². The summed E-state index contributed by atoms with van der Waals surface area (Å²) in [5, 5.41) is 7.06. The van der Waals surface area contributed by atoms with Crippen LogP contribution in [0.4, 0.5) is 17.1 Å². The molecule has 0 saturated carbocycles. The van der Waals surface area contributed by atoms with Gasteiger partial charge in [0.1, 0.15) is 11.2 Å². The molecule has 2 aliphatic rings. The first kappa shape index (κ1) is 36.1. The van der Waals surface area contributed by atoms with Gasteiger partial charge < -0.3 is 9.32 Å². The van der Waals surface area contributed by atoms with E-state index < -0.39 is 5.41 Å². The Kier molecular flexibility index (Phi) is 7.64.